The number of hydrogen-bond donors (Lipinski definition) is 0. The number of ether oxygens (including phenoxy) is 3. The molecule has 0 radical (unpaired) electrons. The number of hydrogen-bond acceptors (Lipinski definition) is 6. The maximum absolute atomic E-state index is 5.97. The first-order valence-electron chi connectivity index (χ1n) is 9.52. The van der Waals surface area contributed by atoms with Crippen molar-refractivity contribution in [3.05, 3.63) is 77.9 Å². The van der Waals surface area contributed by atoms with Crippen LogP contribution in [0.1, 0.15) is 11.1 Å². The third kappa shape index (κ3) is 4.12. The lowest BCUT2D eigenvalue weighted by atomic mass is 10.1. The lowest BCUT2D eigenvalue weighted by molar-refractivity contribution is 0.305. The van der Waals surface area contributed by atoms with Gasteiger partial charge in [-0.15, -0.1) is 0 Å². The maximum atomic E-state index is 5.97. The van der Waals surface area contributed by atoms with E-state index in [0.717, 1.165) is 22.4 Å². The highest BCUT2D eigenvalue weighted by molar-refractivity contribution is 5.63. The van der Waals surface area contributed by atoms with E-state index in [0.29, 0.717) is 29.8 Å². The summed E-state index contributed by atoms with van der Waals surface area (Å²) in [5.41, 5.74) is 3.91. The summed E-state index contributed by atoms with van der Waals surface area (Å²) in [6, 6.07) is 21.3. The molecule has 0 aliphatic carbocycles. The van der Waals surface area contributed by atoms with Crippen LogP contribution in [0.4, 0.5) is 0 Å². The van der Waals surface area contributed by atoms with Gasteiger partial charge in [0.1, 0.15) is 12.4 Å². The molecule has 152 valence electrons. The predicted molar refractivity (Wildman–Crippen MR) is 114 cm³/mol. The van der Waals surface area contributed by atoms with Crippen molar-refractivity contribution in [2.45, 2.75) is 13.5 Å². The summed E-state index contributed by atoms with van der Waals surface area (Å²) >= 11 is 0. The van der Waals surface area contributed by atoms with E-state index in [1.165, 1.54) is 5.56 Å². The summed E-state index contributed by atoms with van der Waals surface area (Å²) < 4.78 is 22.0. The van der Waals surface area contributed by atoms with Crippen molar-refractivity contribution >= 4 is 0 Å². The van der Waals surface area contributed by atoms with E-state index in [9.17, 15) is 0 Å². The van der Waals surface area contributed by atoms with Crippen LogP contribution in [0.15, 0.2) is 71.3 Å². The molecule has 0 saturated heterocycles. The van der Waals surface area contributed by atoms with Crippen LogP contribution in [-0.2, 0) is 6.61 Å². The second kappa shape index (κ2) is 8.69. The van der Waals surface area contributed by atoms with E-state index in [1.54, 1.807) is 26.4 Å². The summed E-state index contributed by atoms with van der Waals surface area (Å²) in [7, 11) is 3.18. The van der Waals surface area contributed by atoms with Crippen molar-refractivity contribution in [3.63, 3.8) is 0 Å². The van der Waals surface area contributed by atoms with Crippen molar-refractivity contribution in [2.24, 2.45) is 0 Å². The van der Waals surface area contributed by atoms with Crippen molar-refractivity contribution in [1.82, 2.24) is 10.1 Å². The second-order valence-electron chi connectivity index (χ2n) is 6.74. The Kier molecular flexibility index (Phi) is 5.66. The Balaban J connectivity index is 1.54. The van der Waals surface area contributed by atoms with Crippen LogP contribution in [-0.4, -0.2) is 24.4 Å². The molecule has 0 saturated carbocycles. The van der Waals surface area contributed by atoms with Gasteiger partial charge in [-0.25, -0.2) is 0 Å². The molecule has 1 heterocycles. The SMILES string of the molecule is COc1ccc(-c2nc(-c3cccc(OCc4ccccc4C)c3)no2)cc1OC. The first kappa shape index (κ1) is 19.5. The van der Waals surface area contributed by atoms with Gasteiger partial charge in [0.25, 0.3) is 5.89 Å². The van der Waals surface area contributed by atoms with E-state index in [2.05, 4.69) is 29.2 Å². The van der Waals surface area contributed by atoms with Crippen LogP contribution in [0.2, 0.25) is 0 Å². The first-order valence-corrected chi connectivity index (χ1v) is 9.52. The highest BCUT2D eigenvalue weighted by atomic mass is 16.5. The number of benzene rings is 3. The number of methoxy groups -OCH3 is 2. The number of rotatable bonds is 7. The van der Waals surface area contributed by atoms with Gasteiger partial charge in [0.15, 0.2) is 11.5 Å². The Morgan fingerprint density at radius 1 is 0.833 bits per heavy atom. The van der Waals surface area contributed by atoms with Gasteiger partial charge in [0, 0.05) is 11.1 Å². The van der Waals surface area contributed by atoms with Gasteiger partial charge in [-0.2, -0.15) is 4.98 Å². The molecule has 0 aliphatic heterocycles. The standard InChI is InChI=1S/C24H22N2O4/c1-16-7-4-5-8-19(16)15-29-20-10-6-9-17(13-20)23-25-24(30-26-23)18-11-12-21(27-2)22(14-18)28-3/h4-14H,15H2,1-3H3. The summed E-state index contributed by atoms with van der Waals surface area (Å²) in [5, 5.41) is 4.12. The molecule has 1 aromatic heterocycles. The fourth-order valence-corrected chi connectivity index (χ4v) is 3.09. The third-order valence-corrected chi connectivity index (χ3v) is 4.80. The molecule has 0 N–H and O–H groups in total. The molecule has 4 aromatic rings. The van der Waals surface area contributed by atoms with E-state index < -0.39 is 0 Å². The highest BCUT2D eigenvalue weighted by Crippen LogP contribution is 2.32. The first-order chi connectivity index (χ1) is 14.7. The third-order valence-electron chi connectivity index (χ3n) is 4.80. The Hall–Kier alpha value is -3.80. The fraction of sp³-hybridized carbons (Fsp3) is 0.167. The van der Waals surface area contributed by atoms with Crippen LogP contribution < -0.4 is 14.2 Å². The largest absolute Gasteiger partial charge is 0.493 e. The zero-order valence-corrected chi connectivity index (χ0v) is 17.1. The van der Waals surface area contributed by atoms with E-state index in [-0.39, 0.29) is 0 Å². The van der Waals surface area contributed by atoms with Gasteiger partial charge in [-0.1, -0.05) is 41.6 Å². The normalized spacial score (nSPS) is 10.6. The van der Waals surface area contributed by atoms with E-state index >= 15 is 0 Å². The van der Waals surface area contributed by atoms with Gasteiger partial charge >= 0.3 is 0 Å². The Morgan fingerprint density at radius 2 is 1.67 bits per heavy atom. The van der Waals surface area contributed by atoms with Gasteiger partial charge in [0.05, 0.1) is 14.2 Å². The number of aryl methyl sites for hydroxylation is 1. The Morgan fingerprint density at radius 3 is 2.47 bits per heavy atom. The topological polar surface area (TPSA) is 66.6 Å². The van der Waals surface area contributed by atoms with E-state index in [4.69, 9.17) is 18.7 Å². The molecule has 0 unspecified atom stereocenters. The molecular weight excluding hydrogens is 380 g/mol. The molecule has 0 amide bonds. The van der Waals surface area contributed by atoms with Crippen LogP contribution in [0.3, 0.4) is 0 Å². The molecular formula is C24H22N2O4. The molecule has 6 heteroatoms. The van der Waals surface area contributed by atoms with Crippen LogP contribution in [0.25, 0.3) is 22.8 Å². The summed E-state index contributed by atoms with van der Waals surface area (Å²) in [6.07, 6.45) is 0. The average molecular weight is 402 g/mol. The highest BCUT2D eigenvalue weighted by Gasteiger charge is 2.14. The van der Waals surface area contributed by atoms with Crippen molar-refractivity contribution in [1.29, 1.82) is 0 Å². The number of nitrogens with zero attached hydrogens (tertiary/aromatic N) is 2. The molecule has 0 spiro atoms. The van der Waals surface area contributed by atoms with Gasteiger partial charge in [0.2, 0.25) is 5.82 Å². The van der Waals surface area contributed by atoms with Crippen LogP contribution in [0, 0.1) is 6.92 Å². The zero-order chi connectivity index (χ0) is 20.9. The minimum Gasteiger partial charge on any atom is -0.493 e. The summed E-state index contributed by atoms with van der Waals surface area (Å²) in [5.74, 6) is 2.87. The maximum Gasteiger partial charge on any atom is 0.258 e. The lowest BCUT2D eigenvalue weighted by Gasteiger charge is -2.09. The summed E-state index contributed by atoms with van der Waals surface area (Å²) in [4.78, 5) is 4.53. The molecule has 6 nitrogen and oxygen atoms in total. The van der Waals surface area contributed by atoms with Crippen LogP contribution >= 0.6 is 0 Å². The molecule has 0 atom stereocenters. The fourth-order valence-electron chi connectivity index (χ4n) is 3.09. The molecule has 0 fully saturated rings. The van der Waals surface area contributed by atoms with Crippen LogP contribution in [0.5, 0.6) is 17.2 Å². The Bertz CT molecular complexity index is 1150. The monoisotopic (exact) mass is 402 g/mol. The van der Waals surface area contributed by atoms with Crippen molar-refractivity contribution < 1.29 is 18.7 Å². The minimum absolute atomic E-state index is 0.400. The minimum atomic E-state index is 0.400. The Labute approximate surface area is 175 Å². The van der Waals surface area contributed by atoms with E-state index in [1.807, 2.05) is 42.5 Å². The molecule has 0 bridgehead atoms. The molecule has 0 aliphatic rings. The molecule has 4 rings (SSSR count). The zero-order valence-electron chi connectivity index (χ0n) is 17.1. The van der Waals surface area contributed by atoms with Gasteiger partial charge in [-0.3, -0.25) is 0 Å². The molecule has 3 aromatic carbocycles. The van der Waals surface area contributed by atoms with Gasteiger partial charge < -0.3 is 18.7 Å². The quantitative estimate of drug-likeness (QED) is 0.417. The average Bonchev–Trinajstić information content (AvgIpc) is 3.29. The second-order valence-corrected chi connectivity index (χ2v) is 6.74. The van der Waals surface area contributed by atoms with Crippen molar-refractivity contribution in [2.75, 3.05) is 14.2 Å². The summed E-state index contributed by atoms with van der Waals surface area (Å²) in [6.45, 7) is 2.57. The van der Waals surface area contributed by atoms with Gasteiger partial charge in [-0.05, 0) is 48.4 Å². The lowest BCUT2D eigenvalue weighted by Crippen LogP contribution is -1.97. The van der Waals surface area contributed by atoms with Crippen molar-refractivity contribution in [3.8, 4) is 40.1 Å². The molecule has 30 heavy (non-hydrogen) atoms. The predicted octanol–water partition coefficient (Wildman–Crippen LogP) is 5.31. The smallest absolute Gasteiger partial charge is 0.258 e. The number of aromatic nitrogens is 2.